The summed E-state index contributed by atoms with van der Waals surface area (Å²) in [5, 5.41) is 17.1. The number of esters is 1. The van der Waals surface area contributed by atoms with E-state index < -0.39 is 35.3 Å². The molecule has 1 amide bonds. The number of aromatic nitrogens is 2. The Balaban J connectivity index is 2.14. The van der Waals surface area contributed by atoms with Gasteiger partial charge in [-0.2, -0.15) is 0 Å². The Hall–Kier alpha value is -3.62. The van der Waals surface area contributed by atoms with E-state index in [0.29, 0.717) is 22.4 Å². The summed E-state index contributed by atoms with van der Waals surface area (Å²) in [6.45, 7) is 3.17. The molecule has 0 saturated heterocycles. The lowest BCUT2D eigenvalue weighted by atomic mass is 10.0. The SMILES string of the molecule is COC(=O)CNC(=O)c1c(O)c2ccc(-c3c(C)noc3C)cc2n(C)c1=O. The van der Waals surface area contributed by atoms with Crippen molar-refractivity contribution < 1.29 is 24.0 Å². The van der Waals surface area contributed by atoms with Crippen molar-refractivity contribution in [2.24, 2.45) is 7.05 Å². The monoisotopic (exact) mass is 385 g/mol. The highest BCUT2D eigenvalue weighted by atomic mass is 16.5. The van der Waals surface area contributed by atoms with Gasteiger partial charge in [-0.15, -0.1) is 0 Å². The van der Waals surface area contributed by atoms with E-state index in [-0.39, 0.29) is 0 Å². The largest absolute Gasteiger partial charge is 0.506 e. The molecule has 3 aromatic rings. The van der Waals surface area contributed by atoms with Gasteiger partial charge in [0, 0.05) is 18.0 Å². The molecule has 2 N–H and O–H groups in total. The van der Waals surface area contributed by atoms with Gasteiger partial charge in [-0.25, -0.2) is 0 Å². The Morgan fingerprint density at radius 3 is 2.64 bits per heavy atom. The van der Waals surface area contributed by atoms with Crippen molar-refractivity contribution in [3.8, 4) is 16.9 Å². The number of ether oxygens (including phenoxy) is 1. The second-order valence-corrected chi connectivity index (χ2v) is 6.28. The van der Waals surface area contributed by atoms with Gasteiger partial charge in [0.1, 0.15) is 23.6 Å². The van der Waals surface area contributed by atoms with Crippen LogP contribution in [-0.2, 0) is 16.6 Å². The summed E-state index contributed by atoms with van der Waals surface area (Å²) in [5.74, 6) is -1.36. The average Bonchev–Trinajstić information content (AvgIpc) is 3.02. The van der Waals surface area contributed by atoms with Crippen molar-refractivity contribution in [3.05, 3.63) is 45.6 Å². The number of benzene rings is 1. The number of rotatable bonds is 4. The minimum atomic E-state index is -0.861. The number of pyridine rings is 1. The molecular weight excluding hydrogens is 366 g/mol. The lowest BCUT2D eigenvalue weighted by Crippen LogP contribution is -2.35. The first-order valence-corrected chi connectivity index (χ1v) is 8.40. The maximum atomic E-state index is 12.7. The van der Waals surface area contributed by atoms with Gasteiger partial charge >= 0.3 is 5.97 Å². The van der Waals surface area contributed by atoms with E-state index in [2.05, 4.69) is 15.2 Å². The van der Waals surface area contributed by atoms with Crippen LogP contribution in [-0.4, -0.2) is 40.4 Å². The van der Waals surface area contributed by atoms with Crippen LogP contribution in [0.15, 0.2) is 27.5 Å². The fourth-order valence-corrected chi connectivity index (χ4v) is 3.09. The van der Waals surface area contributed by atoms with Crippen LogP contribution in [0.4, 0.5) is 0 Å². The van der Waals surface area contributed by atoms with Gasteiger partial charge in [0.15, 0.2) is 0 Å². The first kappa shape index (κ1) is 19.2. The van der Waals surface area contributed by atoms with Crippen LogP contribution >= 0.6 is 0 Å². The topological polar surface area (TPSA) is 124 Å². The standard InChI is InChI=1S/C19H19N3O6/c1-9-15(10(2)28-21-9)11-5-6-12-13(7-11)22(3)19(26)16(17(12)24)18(25)20-8-14(23)27-4/h5-7,24H,8H2,1-4H3,(H,20,25). The summed E-state index contributed by atoms with van der Waals surface area (Å²) in [5.41, 5.74) is 1.57. The summed E-state index contributed by atoms with van der Waals surface area (Å²) >= 11 is 0. The molecule has 2 aromatic heterocycles. The third-order valence-electron chi connectivity index (χ3n) is 4.54. The highest BCUT2D eigenvalue weighted by Crippen LogP contribution is 2.32. The molecule has 0 unspecified atom stereocenters. The molecule has 146 valence electrons. The number of carbonyl (C=O) groups excluding carboxylic acids is 2. The number of hydrogen-bond acceptors (Lipinski definition) is 7. The molecule has 0 bridgehead atoms. The van der Waals surface area contributed by atoms with Crippen LogP contribution < -0.4 is 10.9 Å². The predicted molar refractivity (Wildman–Crippen MR) is 100 cm³/mol. The minimum absolute atomic E-state index is 0.320. The van der Waals surface area contributed by atoms with Gasteiger partial charge in [0.2, 0.25) is 0 Å². The van der Waals surface area contributed by atoms with E-state index in [4.69, 9.17) is 4.52 Å². The smallest absolute Gasteiger partial charge is 0.325 e. The Morgan fingerprint density at radius 2 is 2.04 bits per heavy atom. The second kappa shape index (κ2) is 7.18. The second-order valence-electron chi connectivity index (χ2n) is 6.28. The van der Waals surface area contributed by atoms with Crippen LogP contribution in [0.2, 0.25) is 0 Å². The highest BCUT2D eigenvalue weighted by Gasteiger charge is 2.22. The molecule has 9 heteroatoms. The summed E-state index contributed by atoms with van der Waals surface area (Å²) in [6.07, 6.45) is 0. The molecular formula is C19H19N3O6. The average molecular weight is 385 g/mol. The van der Waals surface area contributed by atoms with Gasteiger partial charge in [0.05, 0.1) is 18.3 Å². The van der Waals surface area contributed by atoms with Gasteiger partial charge in [-0.1, -0.05) is 11.2 Å². The molecule has 0 aliphatic rings. The van der Waals surface area contributed by atoms with Crippen molar-refractivity contribution in [1.29, 1.82) is 0 Å². The van der Waals surface area contributed by atoms with E-state index >= 15 is 0 Å². The molecule has 1 aromatic carbocycles. The molecule has 28 heavy (non-hydrogen) atoms. The van der Waals surface area contributed by atoms with Crippen molar-refractivity contribution in [1.82, 2.24) is 15.0 Å². The lowest BCUT2D eigenvalue weighted by molar-refractivity contribution is -0.139. The number of nitrogens with zero attached hydrogens (tertiary/aromatic N) is 2. The zero-order valence-electron chi connectivity index (χ0n) is 15.8. The fraction of sp³-hybridized carbons (Fsp3) is 0.263. The maximum absolute atomic E-state index is 12.7. The first-order valence-electron chi connectivity index (χ1n) is 8.40. The molecule has 0 atom stereocenters. The Bertz CT molecular complexity index is 1140. The van der Waals surface area contributed by atoms with E-state index in [9.17, 15) is 19.5 Å². The zero-order chi connectivity index (χ0) is 20.6. The van der Waals surface area contributed by atoms with Crippen molar-refractivity contribution in [2.75, 3.05) is 13.7 Å². The zero-order valence-corrected chi connectivity index (χ0v) is 15.8. The number of carbonyl (C=O) groups is 2. The number of amides is 1. The molecule has 0 fully saturated rings. The van der Waals surface area contributed by atoms with Crippen LogP contribution in [0.5, 0.6) is 5.75 Å². The van der Waals surface area contributed by atoms with Crippen molar-refractivity contribution in [2.45, 2.75) is 13.8 Å². The van der Waals surface area contributed by atoms with Crippen LogP contribution in [0.1, 0.15) is 21.8 Å². The van der Waals surface area contributed by atoms with Gasteiger partial charge in [-0.05, 0) is 31.5 Å². The molecule has 3 rings (SSSR count). The fourth-order valence-electron chi connectivity index (χ4n) is 3.09. The van der Waals surface area contributed by atoms with Gasteiger partial charge in [-0.3, -0.25) is 14.4 Å². The van der Waals surface area contributed by atoms with E-state index in [1.54, 1.807) is 32.0 Å². The molecule has 2 heterocycles. The molecule has 0 saturated carbocycles. The van der Waals surface area contributed by atoms with E-state index in [1.165, 1.54) is 18.7 Å². The third-order valence-corrected chi connectivity index (χ3v) is 4.54. The minimum Gasteiger partial charge on any atom is -0.506 e. The lowest BCUT2D eigenvalue weighted by Gasteiger charge is -2.13. The predicted octanol–water partition coefficient (Wildman–Crippen LogP) is 1.42. The first-order chi connectivity index (χ1) is 13.3. The summed E-state index contributed by atoms with van der Waals surface area (Å²) in [7, 11) is 2.68. The number of aryl methyl sites for hydroxylation is 3. The van der Waals surface area contributed by atoms with Crippen molar-refractivity contribution >= 4 is 22.8 Å². The normalized spacial score (nSPS) is 10.9. The maximum Gasteiger partial charge on any atom is 0.325 e. The molecule has 9 nitrogen and oxygen atoms in total. The Labute approximate surface area is 159 Å². The van der Waals surface area contributed by atoms with Crippen LogP contribution in [0.25, 0.3) is 22.0 Å². The molecule has 0 spiro atoms. The molecule has 0 aliphatic heterocycles. The van der Waals surface area contributed by atoms with E-state index in [1.807, 2.05) is 0 Å². The summed E-state index contributed by atoms with van der Waals surface area (Å²) in [4.78, 5) is 36.2. The molecule has 0 aliphatic carbocycles. The highest BCUT2D eigenvalue weighted by molar-refractivity contribution is 6.03. The number of aromatic hydroxyl groups is 1. The number of methoxy groups -OCH3 is 1. The van der Waals surface area contributed by atoms with Gasteiger partial charge in [0.25, 0.3) is 11.5 Å². The van der Waals surface area contributed by atoms with Crippen LogP contribution in [0.3, 0.4) is 0 Å². The van der Waals surface area contributed by atoms with Gasteiger partial charge < -0.3 is 24.3 Å². The summed E-state index contributed by atoms with van der Waals surface area (Å²) in [6, 6.07) is 5.08. The van der Waals surface area contributed by atoms with Crippen LogP contribution in [0, 0.1) is 13.8 Å². The number of hydrogen-bond donors (Lipinski definition) is 2. The quantitative estimate of drug-likeness (QED) is 0.651. The Kier molecular flexibility index (Phi) is 4.91. The third kappa shape index (κ3) is 3.11. The van der Waals surface area contributed by atoms with Crippen molar-refractivity contribution in [3.63, 3.8) is 0 Å². The number of fused-ring (bicyclic) bond motifs is 1. The van der Waals surface area contributed by atoms with E-state index in [0.717, 1.165) is 11.1 Å². The molecule has 0 radical (unpaired) electrons. The Morgan fingerprint density at radius 1 is 1.32 bits per heavy atom. The number of nitrogens with one attached hydrogen (secondary N) is 1. The summed E-state index contributed by atoms with van der Waals surface area (Å²) < 4.78 is 10.9.